The molecule has 3 aromatic rings. The van der Waals surface area contributed by atoms with E-state index in [9.17, 15) is 18.3 Å². The molecule has 0 aliphatic carbocycles. The average molecular weight is 469 g/mol. The Kier molecular flexibility index (Phi) is 7.73. The number of benzene rings is 3. The van der Waals surface area contributed by atoms with E-state index < -0.39 is 16.1 Å². The third-order valence-corrected chi connectivity index (χ3v) is 6.98. The highest BCUT2D eigenvalue weighted by Gasteiger charge is 2.27. The monoisotopic (exact) mass is 468 g/mol. The van der Waals surface area contributed by atoms with Gasteiger partial charge in [-0.3, -0.25) is 9.10 Å². The SMILES string of the molecule is CC(=O)N(C)c1ccc(OCC(O)CN(c2ccccc2)S(=O)(=O)c2ccc(C)cc2)cc1. The summed E-state index contributed by atoms with van der Waals surface area (Å²) in [5.41, 5.74) is 2.12. The molecule has 0 aromatic heterocycles. The molecule has 0 spiro atoms. The van der Waals surface area contributed by atoms with Crippen LogP contribution in [-0.4, -0.2) is 45.7 Å². The number of nitrogens with zero attached hydrogens (tertiary/aromatic N) is 2. The van der Waals surface area contributed by atoms with E-state index >= 15 is 0 Å². The molecule has 1 unspecified atom stereocenters. The number of carbonyl (C=O) groups excluding carboxylic acids is 1. The Morgan fingerprint density at radius 1 is 0.939 bits per heavy atom. The maximum atomic E-state index is 13.4. The Hall–Kier alpha value is -3.36. The summed E-state index contributed by atoms with van der Waals surface area (Å²) in [6, 6.07) is 22.1. The van der Waals surface area contributed by atoms with Gasteiger partial charge in [-0.15, -0.1) is 0 Å². The lowest BCUT2D eigenvalue weighted by Gasteiger charge is -2.27. The molecule has 8 heteroatoms. The number of sulfonamides is 1. The minimum Gasteiger partial charge on any atom is -0.491 e. The van der Waals surface area contributed by atoms with Gasteiger partial charge in [-0.1, -0.05) is 35.9 Å². The van der Waals surface area contributed by atoms with Gasteiger partial charge in [-0.05, 0) is 55.5 Å². The highest BCUT2D eigenvalue weighted by molar-refractivity contribution is 7.92. The molecule has 33 heavy (non-hydrogen) atoms. The number of aliphatic hydroxyl groups is 1. The maximum absolute atomic E-state index is 13.4. The van der Waals surface area contributed by atoms with Gasteiger partial charge in [-0.25, -0.2) is 8.42 Å². The quantitative estimate of drug-likeness (QED) is 0.518. The van der Waals surface area contributed by atoms with Crippen molar-refractivity contribution in [2.24, 2.45) is 0 Å². The lowest BCUT2D eigenvalue weighted by atomic mass is 10.2. The summed E-state index contributed by atoms with van der Waals surface area (Å²) in [7, 11) is -2.22. The van der Waals surface area contributed by atoms with E-state index in [1.54, 1.807) is 85.9 Å². The van der Waals surface area contributed by atoms with Crippen LogP contribution in [0, 0.1) is 6.92 Å². The summed E-state index contributed by atoms with van der Waals surface area (Å²) < 4.78 is 33.6. The minimum atomic E-state index is -3.89. The molecule has 0 bridgehead atoms. The number of hydrogen-bond donors (Lipinski definition) is 1. The van der Waals surface area contributed by atoms with Crippen molar-refractivity contribution in [3.8, 4) is 5.75 Å². The number of aryl methyl sites for hydroxylation is 1. The van der Waals surface area contributed by atoms with Crippen molar-refractivity contribution < 1.29 is 23.1 Å². The summed E-state index contributed by atoms with van der Waals surface area (Å²) in [6.45, 7) is 3.08. The largest absolute Gasteiger partial charge is 0.491 e. The number of anilines is 2. The summed E-state index contributed by atoms with van der Waals surface area (Å²) in [5.74, 6) is 0.414. The van der Waals surface area contributed by atoms with Crippen molar-refractivity contribution in [1.82, 2.24) is 0 Å². The molecule has 1 amide bonds. The number of rotatable bonds is 9. The van der Waals surface area contributed by atoms with Gasteiger partial charge in [0, 0.05) is 19.7 Å². The Labute approximate surface area is 194 Å². The fourth-order valence-electron chi connectivity index (χ4n) is 3.16. The van der Waals surface area contributed by atoms with Crippen LogP contribution in [0.1, 0.15) is 12.5 Å². The van der Waals surface area contributed by atoms with Crippen LogP contribution in [0.3, 0.4) is 0 Å². The second-order valence-electron chi connectivity index (χ2n) is 7.72. The number of hydrogen-bond acceptors (Lipinski definition) is 5. The first-order valence-corrected chi connectivity index (χ1v) is 11.9. The van der Waals surface area contributed by atoms with E-state index in [0.29, 0.717) is 11.4 Å². The summed E-state index contributed by atoms with van der Waals surface area (Å²) in [4.78, 5) is 13.1. The van der Waals surface area contributed by atoms with E-state index in [4.69, 9.17) is 4.74 Å². The van der Waals surface area contributed by atoms with Gasteiger partial charge in [-0.2, -0.15) is 0 Å². The number of aliphatic hydroxyl groups excluding tert-OH is 1. The molecule has 0 saturated heterocycles. The van der Waals surface area contributed by atoms with Crippen molar-refractivity contribution in [3.05, 3.63) is 84.4 Å². The van der Waals surface area contributed by atoms with E-state index in [0.717, 1.165) is 11.3 Å². The molecule has 0 fully saturated rings. The van der Waals surface area contributed by atoms with Crippen LogP contribution in [0.4, 0.5) is 11.4 Å². The standard InChI is InChI=1S/C25H28N2O5S/c1-19-9-15-25(16-10-19)33(30,31)27(22-7-5-4-6-8-22)17-23(29)18-32-24-13-11-21(12-14-24)26(3)20(2)28/h4-16,23,29H,17-18H2,1-3H3. The van der Waals surface area contributed by atoms with Gasteiger partial charge in [0.1, 0.15) is 18.5 Å². The molecule has 3 rings (SSSR count). The fraction of sp³-hybridized carbons (Fsp3) is 0.240. The van der Waals surface area contributed by atoms with Crippen LogP contribution < -0.4 is 13.9 Å². The van der Waals surface area contributed by atoms with E-state index in [1.807, 2.05) is 6.92 Å². The zero-order chi connectivity index (χ0) is 24.0. The number of carbonyl (C=O) groups is 1. The molecule has 3 aromatic carbocycles. The molecule has 1 N–H and O–H groups in total. The van der Waals surface area contributed by atoms with Gasteiger partial charge in [0.05, 0.1) is 17.1 Å². The highest BCUT2D eigenvalue weighted by Crippen LogP contribution is 2.25. The molecule has 1 atom stereocenters. The smallest absolute Gasteiger partial charge is 0.264 e. The summed E-state index contributed by atoms with van der Waals surface area (Å²) in [5, 5.41) is 10.6. The molecule has 0 saturated carbocycles. The van der Waals surface area contributed by atoms with Crippen LogP contribution in [0.2, 0.25) is 0 Å². The van der Waals surface area contributed by atoms with Crippen LogP contribution in [-0.2, 0) is 14.8 Å². The van der Waals surface area contributed by atoms with Gasteiger partial charge in [0.25, 0.3) is 10.0 Å². The van der Waals surface area contributed by atoms with E-state index in [2.05, 4.69) is 0 Å². The van der Waals surface area contributed by atoms with Crippen LogP contribution in [0.15, 0.2) is 83.8 Å². The van der Waals surface area contributed by atoms with E-state index in [-0.39, 0.29) is 24.0 Å². The molecule has 0 heterocycles. The minimum absolute atomic E-state index is 0.0881. The average Bonchev–Trinajstić information content (AvgIpc) is 2.81. The van der Waals surface area contributed by atoms with Crippen molar-refractivity contribution >= 4 is 27.3 Å². The zero-order valence-electron chi connectivity index (χ0n) is 18.9. The first-order chi connectivity index (χ1) is 15.7. The molecular weight excluding hydrogens is 440 g/mol. The third-order valence-electron chi connectivity index (χ3n) is 5.17. The molecule has 7 nitrogen and oxygen atoms in total. The van der Waals surface area contributed by atoms with Crippen LogP contribution >= 0.6 is 0 Å². The van der Waals surface area contributed by atoms with Crippen molar-refractivity contribution in [3.63, 3.8) is 0 Å². The lowest BCUT2D eigenvalue weighted by molar-refractivity contribution is -0.116. The molecule has 0 aliphatic heterocycles. The Balaban J connectivity index is 1.74. The van der Waals surface area contributed by atoms with Crippen molar-refractivity contribution in [1.29, 1.82) is 0 Å². The summed E-state index contributed by atoms with van der Waals surface area (Å²) >= 11 is 0. The second-order valence-corrected chi connectivity index (χ2v) is 9.58. The predicted molar refractivity (Wildman–Crippen MR) is 129 cm³/mol. The topological polar surface area (TPSA) is 87.2 Å². The Morgan fingerprint density at radius 2 is 1.55 bits per heavy atom. The summed E-state index contributed by atoms with van der Waals surface area (Å²) in [6.07, 6.45) is -1.08. The maximum Gasteiger partial charge on any atom is 0.264 e. The van der Waals surface area contributed by atoms with Gasteiger partial charge >= 0.3 is 0 Å². The molecule has 0 aliphatic rings. The van der Waals surface area contributed by atoms with Crippen LogP contribution in [0.5, 0.6) is 5.75 Å². The van der Waals surface area contributed by atoms with Gasteiger partial charge < -0.3 is 14.7 Å². The van der Waals surface area contributed by atoms with Gasteiger partial charge in [0.2, 0.25) is 5.91 Å². The normalized spacial score (nSPS) is 12.1. The third kappa shape index (κ3) is 6.12. The van der Waals surface area contributed by atoms with Crippen molar-refractivity contribution in [2.45, 2.75) is 24.8 Å². The predicted octanol–water partition coefficient (Wildman–Crippen LogP) is 3.61. The van der Waals surface area contributed by atoms with Crippen molar-refractivity contribution in [2.75, 3.05) is 29.4 Å². The molecule has 0 radical (unpaired) electrons. The number of ether oxygens (including phenoxy) is 1. The molecule has 174 valence electrons. The first kappa shape index (κ1) is 24.3. The number of para-hydroxylation sites is 1. The lowest BCUT2D eigenvalue weighted by Crippen LogP contribution is -2.39. The highest BCUT2D eigenvalue weighted by atomic mass is 32.2. The second kappa shape index (κ2) is 10.5. The molecular formula is C25H28N2O5S. The Bertz CT molecular complexity index is 1160. The fourth-order valence-corrected chi connectivity index (χ4v) is 4.66. The Morgan fingerprint density at radius 3 is 2.12 bits per heavy atom. The van der Waals surface area contributed by atoms with Crippen LogP contribution in [0.25, 0.3) is 0 Å². The van der Waals surface area contributed by atoms with E-state index in [1.165, 1.54) is 16.1 Å². The number of amides is 1. The van der Waals surface area contributed by atoms with Gasteiger partial charge in [0.15, 0.2) is 0 Å². The zero-order valence-corrected chi connectivity index (χ0v) is 19.7. The first-order valence-electron chi connectivity index (χ1n) is 10.5.